The summed E-state index contributed by atoms with van der Waals surface area (Å²) in [5.41, 5.74) is 0.248. The predicted molar refractivity (Wildman–Crippen MR) is 114 cm³/mol. The number of imide groups is 1. The highest BCUT2D eigenvalue weighted by atomic mass is 16.6. The summed E-state index contributed by atoms with van der Waals surface area (Å²) in [6.45, 7) is 6.60. The van der Waals surface area contributed by atoms with Crippen molar-refractivity contribution in [3.63, 3.8) is 0 Å². The minimum absolute atomic E-state index is 0.187. The Hall–Kier alpha value is -3.17. The Morgan fingerprint density at radius 1 is 1.19 bits per heavy atom. The van der Waals surface area contributed by atoms with Crippen molar-refractivity contribution in [2.75, 3.05) is 18.4 Å². The molecule has 1 saturated heterocycles. The monoisotopic (exact) mass is 433 g/mol. The number of anilines is 1. The maximum absolute atomic E-state index is 12.6. The number of piperidine rings is 1. The van der Waals surface area contributed by atoms with E-state index >= 15 is 0 Å². The molecule has 4 amide bonds. The van der Waals surface area contributed by atoms with Gasteiger partial charge in [0.2, 0.25) is 11.8 Å². The number of nitrogens with zero attached hydrogens (tertiary/aromatic N) is 1. The number of unbranched alkanes of at least 4 members (excludes halogenated alkanes) is 2. The van der Waals surface area contributed by atoms with Crippen LogP contribution in [0.4, 0.5) is 10.5 Å². The van der Waals surface area contributed by atoms with Crippen molar-refractivity contribution in [3.8, 4) is 0 Å². The minimum Gasteiger partial charge on any atom is -0.444 e. The summed E-state index contributed by atoms with van der Waals surface area (Å²) in [4.78, 5) is 51.4. The molecule has 1 fully saturated rings. The molecule has 1 atom stereocenters. The molecule has 2 rings (SSSR count). The molecule has 0 bridgehead atoms. The number of carbonyl (C=O) groups excluding carboxylic acids is 4. The fourth-order valence-electron chi connectivity index (χ4n) is 2.94. The van der Waals surface area contributed by atoms with Crippen LogP contribution in [-0.4, -0.2) is 53.5 Å². The first-order valence-electron chi connectivity index (χ1n) is 10.5. The van der Waals surface area contributed by atoms with Gasteiger partial charge in [0, 0.05) is 25.7 Å². The Morgan fingerprint density at radius 3 is 2.65 bits per heavy atom. The molecule has 1 aromatic heterocycles. The highest BCUT2D eigenvalue weighted by molar-refractivity contribution is 6.04. The zero-order valence-corrected chi connectivity index (χ0v) is 18.2. The number of pyridine rings is 1. The Morgan fingerprint density at radius 2 is 1.94 bits per heavy atom. The molecule has 10 heteroatoms. The molecule has 1 aliphatic rings. The fraction of sp³-hybridized carbons (Fsp3) is 0.571. The largest absolute Gasteiger partial charge is 0.444 e. The van der Waals surface area contributed by atoms with Gasteiger partial charge in [-0.15, -0.1) is 0 Å². The molecule has 0 radical (unpaired) electrons. The van der Waals surface area contributed by atoms with Gasteiger partial charge in [-0.05, 0) is 58.6 Å². The Labute approximate surface area is 181 Å². The van der Waals surface area contributed by atoms with Gasteiger partial charge in [-0.3, -0.25) is 19.7 Å². The minimum atomic E-state index is -0.752. The standard InChI is InChI=1S/C21H31N5O5/c1-21(2,3)31-20(30)24-12-6-4-5-11-22-14-8-7-13-23-17(14)19(29)25-15-9-10-16(27)26-18(15)28/h7-8,13,15,22H,4-6,9-12H2,1-3H3,(H,24,30)(H,25,29)(H,26,27,28). The quantitative estimate of drug-likeness (QED) is 0.343. The summed E-state index contributed by atoms with van der Waals surface area (Å²) in [6.07, 6.45) is 4.05. The number of carbonyl (C=O) groups is 4. The topological polar surface area (TPSA) is 139 Å². The predicted octanol–water partition coefficient (Wildman–Crippen LogP) is 1.72. The van der Waals surface area contributed by atoms with E-state index in [2.05, 4.69) is 26.3 Å². The number of nitrogens with one attached hydrogen (secondary N) is 4. The number of amides is 4. The lowest BCUT2D eigenvalue weighted by Gasteiger charge is -2.22. The van der Waals surface area contributed by atoms with E-state index in [1.807, 2.05) is 20.8 Å². The number of alkyl carbamates (subject to hydrolysis) is 1. The first kappa shape index (κ1) is 24.1. The maximum atomic E-state index is 12.6. The number of ether oxygens (including phenoxy) is 1. The average Bonchev–Trinajstić information content (AvgIpc) is 2.68. The van der Waals surface area contributed by atoms with E-state index in [-0.39, 0.29) is 24.4 Å². The van der Waals surface area contributed by atoms with Gasteiger partial charge in [-0.25, -0.2) is 9.78 Å². The van der Waals surface area contributed by atoms with E-state index in [4.69, 9.17) is 4.74 Å². The molecule has 1 aromatic rings. The van der Waals surface area contributed by atoms with Crippen molar-refractivity contribution < 1.29 is 23.9 Å². The summed E-state index contributed by atoms with van der Waals surface area (Å²) in [7, 11) is 0. The molecule has 0 saturated carbocycles. The van der Waals surface area contributed by atoms with Crippen molar-refractivity contribution in [3.05, 3.63) is 24.0 Å². The molecule has 0 aliphatic carbocycles. The number of aromatic nitrogens is 1. The van der Waals surface area contributed by atoms with Crippen LogP contribution >= 0.6 is 0 Å². The highest BCUT2D eigenvalue weighted by Gasteiger charge is 2.29. The van der Waals surface area contributed by atoms with Crippen LogP contribution in [0.5, 0.6) is 0 Å². The van der Waals surface area contributed by atoms with E-state index in [0.29, 0.717) is 18.8 Å². The Balaban J connectivity index is 1.72. The van der Waals surface area contributed by atoms with Crippen LogP contribution in [0.3, 0.4) is 0 Å². The Kier molecular flexibility index (Phi) is 8.77. The summed E-state index contributed by atoms with van der Waals surface area (Å²) < 4.78 is 5.18. The van der Waals surface area contributed by atoms with Gasteiger partial charge in [0.15, 0.2) is 5.69 Å². The van der Waals surface area contributed by atoms with Gasteiger partial charge >= 0.3 is 6.09 Å². The summed E-state index contributed by atoms with van der Waals surface area (Å²) in [6, 6.07) is 2.71. The summed E-state index contributed by atoms with van der Waals surface area (Å²) >= 11 is 0. The van der Waals surface area contributed by atoms with Crippen molar-refractivity contribution in [2.45, 2.75) is 64.5 Å². The highest BCUT2D eigenvalue weighted by Crippen LogP contribution is 2.14. The van der Waals surface area contributed by atoms with Crippen molar-refractivity contribution in [2.24, 2.45) is 0 Å². The van der Waals surface area contributed by atoms with Crippen LogP contribution < -0.4 is 21.3 Å². The molecule has 0 spiro atoms. The molecule has 1 aliphatic heterocycles. The third-order valence-electron chi connectivity index (χ3n) is 4.40. The van der Waals surface area contributed by atoms with Crippen molar-refractivity contribution >= 4 is 29.5 Å². The van der Waals surface area contributed by atoms with E-state index in [1.165, 1.54) is 6.20 Å². The molecule has 10 nitrogen and oxygen atoms in total. The third-order valence-corrected chi connectivity index (χ3v) is 4.40. The second-order valence-electron chi connectivity index (χ2n) is 8.29. The van der Waals surface area contributed by atoms with Gasteiger partial charge < -0.3 is 20.7 Å². The fourth-order valence-corrected chi connectivity index (χ4v) is 2.94. The maximum Gasteiger partial charge on any atom is 0.407 e. The third kappa shape index (κ3) is 8.61. The summed E-state index contributed by atoms with van der Waals surface area (Å²) in [5, 5.41) is 10.8. The lowest BCUT2D eigenvalue weighted by Crippen LogP contribution is -2.52. The molecule has 31 heavy (non-hydrogen) atoms. The van der Waals surface area contributed by atoms with Crippen LogP contribution in [0, 0.1) is 0 Å². The van der Waals surface area contributed by atoms with Crippen LogP contribution in [0.1, 0.15) is 63.4 Å². The van der Waals surface area contributed by atoms with Crippen molar-refractivity contribution in [1.82, 2.24) is 20.9 Å². The normalized spacial score (nSPS) is 16.3. The zero-order chi connectivity index (χ0) is 22.9. The van der Waals surface area contributed by atoms with E-state index < -0.39 is 29.6 Å². The lowest BCUT2D eigenvalue weighted by molar-refractivity contribution is -0.134. The van der Waals surface area contributed by atoms with Crippen LogP contribution in [0.15, 0.2) is 18.3 Å². The van der Waals surface area contributed by atoms with Gasteiger partial charge in [0.05, 0.1) is 5.69 Å². The first-order chi connectivity index (χ1) is 14.7. The smallest absolute Gasteiger partial charge is 0.407 e. The van der Waals surface area contributed by atoms with Gasteiger partial charge in [-0.1, -0.05) is 0 Å². The lowest BCUT2D eigenvalue weighted by atomic mass is 10.1. The van der Waals surface area contributed by atoms with E-state index in [0.717, 1.165) is 19.3 Å². The van der Waals surface area contributed by atoms with Gasteiger partial charge in [0.1, 0.15) is 11.6 Å². The molecule has 0 aromatic carbocycles. The molecule has 1 unspecified atom stereocenters. The van der Waals surface area contributed by atoms with Crippen LogP contribution in [0.2, 0.25) is 0 Å². The Bertz CT molecular complexity index is 806. The number of rotatable bonds is 9. The van der Waals surface area contributed by atoms with Crippen LogP contribution in [-0.2, 0) is 14.3 Å². The zero-order valence-electron chi connectivity index (χ0n) is 18.2. The number of hydrogen-bond donors (Lipinski definition) is 4. The summed E-state index contributed by atoms with van der Waals surface area (Å²) in [5.74, 6) is -1.31. The van der Waals surface area contributed by atoms with Gasteiger partial charge in [-0.2, -0.15) is 0 Å². The van der Waals surface area contributed by atoms with Gasteiger partial charge in [0.25, 0.3) is 5.91 Å². The first-order valence-corrected chi connectivity index (χ1v) is 10.5. The molecule has 2 heterocycles. The number of hydrogen-bond acceptors (Lipinski definition) is 7. The molecule has 170 valence electrons. The van der Waals surface area contributed by atoms with Crippen molar-refractivity contribution in [1.29, 1.82) is 0 Å². The average molecular weight is 434 g/mol. The SMILES string of the molecule is CC(C)(C)OC(=O)NCCCCCNc1cccnc1C(=O)NC1CCC(=O)NC1=O. The van der Waals surface area contributed by atoms with E-state index in [1.54, 1.807) is 12.1 Å². The second kappa shape index (κ2) is 11.3. The van der Waals surface area contributed by atoms with Crippen LogP contribution in [0.25, 0.3) is 0 Å². The second-order valence-corrected chi connectivity index (χ2v) is 8.29. The molecule has 4 N–H and O–H groups in total. The van der Waals surface area contributed by atoms with E-state index in [9.17, 15) is 19.2 Å². The molecular formula is C21H31N5O5. The molecular weight excluding hydrogens is 402 g/mol.